The molecule has 0 aromatic carbocycles. The van der Waals surface area contributed by atoms with Crippen LogP contribution in [0.25, 0.3) is 0 Å². The second-order valence-electron chi connectivity index (χ2n) is 3.00. The van der Waals surface area contributed by atoms with Crippen LogP contribution in [0, 0.1) is 0 Å². The summed E-state index contributed by atoms with van der Waals surface area (Å²) in [5, 5.41) is 19.4. The summed E-state index contributed by atoms with van der Waals surface area (Å²) >= 11 is 5.64. The van der Waals surface area contributed by atoms with Crippen molar-refractivity contribution in [3.63, 3.8) is 0 Å². The SMILES string of the molecule is NCCC(O)C(O)c1ccnc(Cl)c1. The average Bonchev–Trinajstić information content (AvgIpc) is 2.17. The van der Waals surface area contributed by atoms with Crippen LogP contribution in [0.1, 0.15) is 18.1 Å². The molecule has 0 radical (unpaired) electrons. The van der Waals surface area contributed by atoms with Gasteiger partial charge in [-0.25, -0.2) is 4.98 Å². The first-order chi connectivity index (χ1) is 6.65. The highest BCUT2D eigenvalue weighted by Crippen LogP contribution is 2.20. The molecule has 1 aromatic heterocycles. The first-order valence-corrected chi connectivity index (χ1v) is 4.70. The Balaban J connectivity index is 2.73. The molecule has 0 aliphatic carbocycles. The second-order valence-corrected chi connectivity index (χ2v) is 3.39. The van der Waals surface area contributed by atoms with Gasteiger partial charge in [0.2, 0.25) is 0 Å². The number of halogens is 1. The van der Waals surface area contributed by atoms with E-state index in [-0.39, 0.29) is 0 Å². The van der Waals surface area contributed by atoms with Crippen LogP contribution in [0.5, 0.6) is 0 Å². The lowest BCUT2D eigenvalue weighted by Crippen LogP contribution is -2.21. The normalized spacial score (nSPS) is 15.1. The summed E-state index contributed by atoms with van der Waals surface area (Å²) in [6.45, 7) is 0.330. The van der Waals surface area contributed by atoms with Crippen LogP contribution in [0.4, 0.5) is 0 Å². The van der Waals surface area contributed by atoms with E-state index in [4.69, 9.17) is 17.3 Å². The van der Waals surface area contributed by atoms with Crippen molar-refractivity contribution >= 4 is 11.6 Å². The molecule has 5 heteroatoms. The van der Waals surface area contributed by atoms with Crippen LogP contribution in [0.2, 0.25) is 5.15 Å². The fraction of sp³-hybridized carbons (Fsp3) is 0.444. The molecule has 0 aliphatic heterocycles. The summed E-state index contributed by atoms with van der Waals surface area (Å²) in [4.78, 5) is 3.78. The topological polar surface area (TPSA) is 79.4 Å². The van der Waals surface area contributed by atoms with Gasteiger partial charge in [-0.1, -0.05) is 11.6 Å². The van der Waals surface area contributed by atoms with Gasteiger partial charge in [0.05, 0.1) is 6.10 Å². The molecule has 0 aliphatic rings. The first kappa shape index (κ1) is 11.4. The molecule has 78 valence electrons. The molecule has 0 saturated carbocycles. The van der Waals surface area contributed by atoms with E-state index in [0.29, 0.717) is 23.7 Å². The Bertz CT molecular complexity index is 296. The van der Waals surface area contributed by atoms with Gasteiger partial charge in [-0.3, -0.25) is 0 Å². The molecular weight excluding hydrogens is 204 g/mol. The Morgan fingerprint density at radius 2 is 2.21 bits per heavy atom. The summed E-state index contributed by atoms with van der Waals surface area (Å²) in [7, 11) is 0. The summed E-state index contributed by atoms with van der Waals surface area (Å²) < 4.78 is 0. The van der Waals surface area contributed by atoms with Crippen molar-refractivity contribution in [2.24, 2.45) is 5.73 Å². The highest BCUT2D eigenvalue weighted by Gasteiger charge is 2.17. The fourth-order valence-corrected chi connectivity index (χ4v) is 1.33. The monoisotopic (exact) mass is 216 g/mol. The van der Waals surface area contributed by atoms with E-state index in [1.807, 2.05) is 0 Å². The molecule has 14 heavy (non-hydrogen) atoms. The van der Waals surface area contributed by atoms with E-state index >= 15 is 0 Å². The molecule has 1 rings (SSSR count). The number of nitrogens with zero attached hydrogens (tertiary/aromatic N) is 1. The van der Waals surface area contributed by atoms with Gasteiger partial charge in [-0.2, -0.15) is 0 Å². The van der Waals surface area contributed by atoms with Gasteiger partial charge in [0.25, 0.3) is 0 Å². The molecule has 0 amide bonds. The van der Waals surface area contributed by atoms with Gasteiger partial charge in [-0.05, 0) is 30.7 Å². The summed E-state index contributed by atoms with van der Waals surface area (Å²) in [6.07, 6.45) is 0.00877. The largest absolute Gasteiger partial charge is 0.390 e. The zero-order valence-electron chi connectivity index (χ0n) is 7.60. The van der Waals surface area contributed by atoms with Crippen LogP contribution in [0.3, 0.4) is 0 Å². The van der Waals surface area contributed by atoms with Crippen molar-refractivity contribution in [3.8, 4) is 0 Å². The maximum Gasteiger partial charge on any atom is 0.129 e. The number of aliphatic hydroxyl groups excluding tert-OH is 2. The van der Waals surface area contributed by atoms with Crippen molar-refractivity contribution in [2.75, 3.05) is 6.54 Å². The van der Waals surface area contributed by atoms with Gasteiger partial charge >= 0.3 is 0 Å². The van der Waals surface area contributed by atoms with E-state index in [0.717, 1.165) is 0 Å². The molecule has 0 bridgehead atoms. The van der Waals surface area contributed by atoms with Crippen LogP contribution < -0.4 is 5.73 Å². The van der Waals surface area contributed by atoms with Crippen LogP contribution in [-0.4, -0.2) is 27.8 Å². The van der Waals surface area contributed by atoms with Gasteiger partial charge < -0.3 is 15.9 Å². The summed E-state index contributed by atoms with van der Waals surface area (Å²) in [6, 6.07) is 3.13. The van der Waals surface area contributed by atoms with Crippen molar-refractivity contribution in [3.05, 3.63) is 29.0 Å². The number of aliphatic hydroxyl groups is 2. The van der Waals surface area contributed by atoms with Gasteiger partial charge in [0, 0.05) is 6.20 Å². The maximum atomic E-state index is 9.65. The highest BCUT2D eigenvalue weighted by atomic mass is 35.5. The molecule has 4 nitrogen and oxygen atoms in total. The molecule has 2 atom stereocenters. The van der Waals surface area contributed by atoms with Crippen LogP contribution >= 0.6 is 11.6 Å². The minimum absolute atomic E-state index is 0.293. The lowest BCUT2D eigenvalue weighted by molar-refractivity contribution is 0.0150. The quantitative estimate of drug-likeness (QED) is 0.640. The molecule has 0 spiro atoms. The minimum atomic E-state index is -0.959. The van der Waals surface area contributed by atoms with E-state index in [9.17, 15) is 10.2 Å². The number of hydrogen-bond acceptors (Lipinski definition) is 4. The van der Waals surface area contributed by atoms with Crippen LogP contribution in [-0.2, 0) is 0 Å². The van der Waals surface area contributed by atoms with Crippen molar-refractivity contribution in [2.45, 2.75) is 18.6 Å². The predicted molar refractivity (Wildman–Crippen MR) is 53.9 cm³/mol. The number of rotatable bonds is 4. The lowest BCUT2D eigenvalue weighted by Gasteiger charge is -2.17. The lowest BCUT2D eigenvalue weighted by atomic mass is 10.0. The molecule has 0 fully saturated rings. The smallest absolute Gasteiger partial charge is 0.129 e. The molecular formula is C9H13ClN2O2. The standard InChI is InChI=1S/C9H13ClN2O2/c10-8-5-6(2-4-12-8)9(14)7(13)1-3-11/h2,4-5,7,9,13-14H,1,3,11H2. The first-order valence-electron chi connectivity index (χ1n) is 4.33. The van der Waals surface area contributed by atoms with Crippen molar-refractivity contribution in [1.29, 1.82) is 0 Å². The third kappa shape index (κ3) is 2.92. The zero-order chi connectivity index (χ0) is 10.6. The molecule has 1 heterocycles. The number of aromatic nitrogens is 1. The third-order valence-corrected chi connectivity index (χ3v) is 2.13. The van der Waals surface area contributed by atoms with E-state index in [1.54, 1.807) is 6.07 Å². The van der Waals surface area contributed by atoms with Gasteiger partial charge in [0.1, 0.15) is 11.3 Å². The Morgan fingerprint density at radius 3 is 2.79 bits per heavy atom. The highest BCUT2D eigenvalue weighted by molar-refractivity contribution is 6.29. The average molecular weight is 217 g/mol. The van der Waals surface area contributed by atoms with E-state index < -0.39 is 12.2 Å². The Morgan fingerprint density at radius 1 is 1.50 bits per heavy atom. The van der Waals surface area contributed by atoms with Crippen molar-refractivity contribution in [1.82, 2.24) is 4.98 Å². The van der Waals surface area contributed by atoms with E-state index in [2.05, 4.69) is 4.98 Å². The number of hydrogen-bond donors (Lipinski definition) is 3. The maximum absolute atomic E-state index is 9.65. The molecule has 0 saturated heterocycles. The number of nitrogens with two attached hydrogens (primary N) is 1. The molecule has 1 aromatic rings. The van der Waals surface area contributed by atoms with Crippen molar-refractivity contribution < 1.29 is 10.2 Å². The van der Waals surface area contributed by atoms with Gasteiger partial charge in [0.15, 0.2) is 0 Å². The minimum Gasteiger partial charge on any atom is -0.390 e. The molecule has 4 N–H and O–H groups in total. The third-order valence-electron chi connectivity index (χ3n) is 1.92. The Hall–Kier alpha value is -0.680. The summed E-state index contributed by atoms with van der Waals surface area (Å²) in [5.74, 6) is 0. The second kappa shape index (κ2) is 5.26. The fourth-order valence-electron chi connectivity index (χ4n) is 1.15. The molecule has 2 unspecified atom stereocenters. The van der Waals surface area contributed by atoms with E-state index in [1.165, 1.54) is 12.3 Å². The predicted octanol–water partition coefficient (Wildman–Crippen LogP) is 0.478. The van der Waals surface area contributed by atoms with Gasteiger partial charge in [-0.15, -0.1) is 0 Å². The Kier molecular flexibility index (Phi) is 4.28. The zero-order valence-corrected chi connectivity index (χ0v) is 8.35. The number of pyridine rings is 1. The summed E-state index contributed by atoms with van der Waals surface area (Å²) in [5.41, 5.74) is 5.81. The van der Waals surface area contributed by atoms with Crippen LogP contribution in [0.15, 0.2) is 18.3 Å². The Labute approximate surface area is 87.3 Å².